The Kier molecular flexibility index (Phi) is 6.84. The average Bonchev–Trinajstić information content (AvgIpc) is 2.95. The molecule has 45 heavy (non-hydrogen) atoms. The number of hydrogen-bond donors (Lipinski definition) is 4. The molecule has 0 aromatic heterocycles. The van der Waals surface area contributed by atoms with E-state index in [0.717, 1.165) is 44.9 Å². The number of ether oxygens (including phenoxy) is 4. The Morgan fingerprint density at radius 3 is 1.33 bits per heavy atom. The molecule has 236 valence electrons. The van der Waals surface area contributed by atoms with E-state index in [2.05, 4.69) is 27.7 Å². The van der Waals surface area contributed by atoms with Crippen LogP contribution in [0.5, 0.6) is 46.0 Å². The molecule has 2 aliphatic rings. The minimum atomic E-state index is -0.891. The molecule has 0 saturated heterocycles. The fourth-order valence-corrected chi connectivity index (χ4v) is 6.77. The van der Waals surface area contributed by atoms with E-state index in [1.54, 1.807) is 24.3 Å². The molecule has 4 aromatic rings. The lowest BCUT2D eigenvalue weighted by Crippen LogP contribution is -2.56. The van der Waals surface area contributed by atoms with Crippen molar-refractivity contribution in [3.05, 3.63) is 81.9 Å². The summed E-state index contributed by atoms with van der Waals surface area (Å²) < 4.78 is 26.5. The van der Waals surface area contributed by atoms with Gasteiger partial charge in [-0.05, 0) is 86.3 Å². The van der Waals surface area contributed by atoms with Gasteiger partial charge in [0, 0.05) is 46.9 Å². The number of aromatic hydroxyl groups is 2. The van der Waals surface area contributed by atoms with E-state index in [1.165, 1.54) is 12.1 Å². The number of anilines is 2. The molecule has 8 nitrogen and oxygen atoms in total. The van der Waals surface area contributed by atoms with Crippen LogP contribution >= 0.6 is 0 Å². The van der Waals surface area contributed by atoms with Gasteiger partial charge in [-0.15, -0.1) is 0 Å². The Morgan fingerprint density at radius 2 is 0.978 bits per heavy atom. The first kappa shape index (κ1) is 30.3. The van der Waals surface area contributed by atoms with Crippen molar-refractivity contribution in [3.63, 3.8) is 0 Å². The zero-order chi connectivity index (χ0) is 32.6. The summed E-state index contributed by atoms with van der Waals surface area (Å²) in [4.78, 5) is 0. The standard InChI is InChI=1S/C37H42N2O6/c1-19-21(3)33-25(15-31(19)42-23-9-11-27(38)29(40)13-23)35(5,6)17-37(44-33)18-36(7,8)26-16-32(20(2)22(4)34(26)45-37)43-24-10-12-28(39)30(41)14-24/h9-16,40-41H,17-18,38-39H2,1-8H3. The molecule has 0 bridgehead atoms. The van der Waals surface area contributed by atoms with Crippen molar-refractivity contribution in [2.75, 3.05) is 11.5 Å². The molecular weight excluding hydrogens is 568 g/mol. The summed E-state index contributed by atoms with van der Waals surface area (Å²) in [5.74, 6) is 3.11. The van der Waals surface area contributed by atoms with Crippen LogP contribution in [0.2, 0.25) is 0 Å². The highest BCUT2D eigenvalue weighted by Crippen LogP contribution is 2.57. The molecule has 6 rings (SSSR count). The smallest absolute Gasteiger partial charge is 0.252 e. The fraction of sp³-hybridized carbons (Fsp3) is 0.351. The molecule has 0 radical (unpaired) electrons. The highest BCUT2D eigenvalue weighted by atomic mass is 16.7. The normalized spacial score (nSPS) is 17.1. The Morgan fingerprint density at radius 1 is 0.600 bits per heavy atom. The molecule has 0 saturated carbocycles. The van der Waals surface area contributed by atoms with Gasteiger partial charge in [0.05, 0.1) is 11.4 Å². The van der Waals surface area contributed by atoms with E-state index in [9.17, 15) is 10.2 Å². The van der Waals surface area contributed by atoms with E-state index < -0.39 is 5.79 Å². The lowest BCUT2D eigenvalue weighted by molar-refractivity contribution is -0.167. The van der Waals surface area contributed by atoms with Crippen LogP contribution in [0.15, 0.2) is 48.5 Å². The summed E-state index contributed by atoms with van der Waals surface area (Å²) in [5.41, 5.74) is 17.5. The van der Waals surface area contributed by atoms with Crippen LogP contribution in [-0.2, 0) is 10.8 Å². The maximum atomic E-state index is 10.1. The maximum absolute atomic E-state index is 10.1. The van der Waals surface area contributed by atoms with Gasteiger partial charge in [0.25, 0.3) is 5.79 Å². The van der Waals surface area contributed by atoms with Gasteiger partial charge in [-0.3, -0.25) is 0 Å². The Hall–Kier alpha value is -4.72. The quantitative estimate of drug-likeness (QED) is 0.134. The highest BCUT2D eigenvalue weighted by Gasteiger charge is 2.54. The van der Waals surface area contributed by atoms with E-state index in [-0.39, 0.29) is 22.3 Å². The van der Waals surface area contributed by atoms with Gasteiger partial charge in [0.2, 0.25) is 0 Å². The number of rotatable bonds is 4. The first-order valence-corrected chi connectivity index (χ1v) is 15.2. The van der Waals surface area contributed by atoms with E-state index in [0.29, 0.717) is 47.2 Å². The van der Waals surface area contributed by atoms with Crippen molar-refractivity contribution in [2.45, 2.75) is 84.8 Å². The zero-order valence-electron chi connectivity index (χ0n) is 27.2. The van der Waals surface area contributed by atoms with Crippen LogP contribution in [0.25, 0.3) is 0 Å². The number of phenols is 2. The first-order chi connectivity index (χ1) is 21.0. The summed E-state index contributed by atoms with van der Waals surface area (Å²) in [6.45, 7) is 17.0. The van der Waals surface area contributed by atoms with Crippen molar-refractivity contribution < 1.29 is 29.2 Å². The van der Waals surface area contributed by atoms with Crippen molar-refractivity contribution in [3.8, 4) is 46.0 Å². The average molecular weight is 611 g/mol. The van der Waals surface area contributed by atoms with Crippen LogP contribution in [-0.4, -0.2) is 16.0 Å². The summed E-state index contributed by atoms with van der Waals surface area (Å²) in [5, 5.41) is 20.2. The molecule has 0 atom stereocenters. The molecule has 8 heteroatoms. The molecule has 0 amide bonds. The third kappa shape index (κ3) is 5.12. The lowest BCUT2D eigenvalue weighted by atomic mass is 9.68. The van der Waals surface area contributed by atoms with Gasteiger partial charge in [0.15, 0.2) is 0 Å². The molecule has 2 aliphatic heterocycles. The van der Waals surface area contributed by atoms with Crippen LogP contribution in [0.1, 0.15) is 73.9 Å². The second-order valence-electron chi connectivity index (χ2n) is 13.9. The summed E-state index contributed by atoms with van der Waals surface area (Å²) in [6, 6.07) is 13.9. The number of hydrogen-bond acceptors (Lipinski definition) is 8. The molecule has 1 spiro atoms. The van der Waals surface area contributed by atoms with Gasteiger partial charge < -0.3 is 40.6 Å². The largest absolute Gasteiger partial charge is 0.506 e. The molecule has 6 N–H and O–H groups in total. The van der Waals surface area contributed by atoms with Gasteiger partial charge in [-0.25, -0.2) is 0 Å². The van der Waals surface area contributed by atoms with Gasteiger partial charge in [0.1, 0.15) is 46.0 Å². The number of nitrogens with two attached hydrogens (primary N) is 2. The number of fused-ring (bicyclic) bond motifs is 2. The molecular formula is C37H42N2O6. The van der Waals surface area contributed by atoms with Gasteiger partial charge in [-0.1, -0.05) is 27.7 Å². The van der Waals surface area contributed by atoms with E-state index >= 15 is 0 Å². The summed E-state index contributed by atoms with van der Waals surface area (Å²) in [6.07, 6.45) is 1.25. The SMILES string of the molecule is Cc1c(Oc2ccc(N)c(O)c2)cc2c(c1C)OC1(CC2(C)C)CC(C)(C)c2cc(Oc3ccc(N)c(O)c3)c(C)c(C)c2O1. The highest BCUT2D eigenvalue weighted by molar-refractivity contribution is 5.61. The Balaban J connectivity index is 1.38. The third-order valence-electron chi connectivity index (χ3n) is 9.50. The maximum Gasteiger partial charge on any atom is 0.252 e. The fourth-order valence-electron chi connectivity index (χ4n) is 6.77. The Bertz CT molecular complexity index is 1720. The number of phenolic OH excluding ortho intramolecular Hbond substituents is 2. The van der Waals surface area contributed by atoms with Crippen LogP contribution in [0.4, 0.5) is 11.4 Å². The first-order valence-electron chi connectivity index (χ1n) is 15.2. The third-order valence-corrected chi connectivity index (χ3v) is 9.50. The van der Waals surface area contributed by atoms with E-state index in [1.807, 2.05) is 39.8 Å². The number of benzene rings is 4. The predicted octanol–water partition coefficient (Wildman–Crippen LogP) is 8.60. The van der Waals surface area contributed by atoms with Crippen molar-refractivity contribution >= 4 is 11.4 Å². The van der Waals surface area contributed by atoms with Crippen molar-refractivity contribution in [1.82, 2.24) is 0 Å². The molecule has 2 heterocycles. The predicted molar refractivity (Wildman–Crippen MR) is 176 cm³/mol. The Labute approximate surface area is 264 Å². The summed E-state index contributed by atoms with van der Waals surface area (Å²) in [7, 11) is 0. The minimum Gasteiger partial charge on any atom is -0.506 e. The van der Waals surface area contributed by atoms with Crippen molar-refractivity contribution in [2.24, 2.45) is 0 Å². The monoisotopic (exact) mass is 610 g/mol. The molecule has 0 unspecified atom stereocenters. The summed E-state index contributed by atoms with van der Waals surface area (Å²) >= 11 is 0. The molecule has 0 fully saturated rings. The molecule has 0 aliphatic carbocycles. The second-order valence-corrected chi connectivity index (χ2v) is 13.9. The van der Waals surface area contributed by atoms with Gasteiger partial charge >= 0.3 is 0 Å². The minimum absolute atomic E-state index is 0.0171. The number of nitrogen functional groups attached to an aromatic ring is 2. The zero-order valence-corrected chi connectivity index (χ0v) is 27.2. The second kappa shape index (κ2) is 10.2. The topological polar surface area (TPSA) is 129 Å². The lowest BCUT2D eigenvalue weighted by Gasteiger charge is -2.52. The molecule has 4 aromatic carbocycles. The van der Waals surface area contributed by atoms with Crippen LogP contribution < -0.4 is 30.4 Å². The van der Waals surface area contributed by atoms with Crippen LogP contribution in [0.3, 0.4) is 0 Å². The van der Waals surface area contributed by atoms with Crippen LogP contribution in [0, 0.1) is 27.7 Å². The van der Waals surface area contributed by atoms with Crippen molar-refractivity contribution in [1.29, 1.82) is 0 Å². The van der Waals surface area contributed by atoms with Gasteiger partial charge in [-0.2, -0.15) is 0 Å². The van der Waals surface area contributed by atoms with E-state index in [4.69, 9.17) is 30.4 Å².